The lowest BCUT2D eigenvalue weighted by Crippen LogP contribution is -2.00. The maximum Gasteiger partial charge on any atom is 0.120 e. The number of aryl methyl sites for hydroxylation is 2. The third-order valence-corrected chi connectivity index (χ3v) is 3.49. The van der Waals surface area contributed by atoms with Crippen LogP contribution < -0.4 is 5.32 Å². The summed E-state index contributed by atoms with van der Waals surface area (Å²) >= 11 is 0. The quantitative estimate of drug-likeness (QED) is 0.799. The van der Waals surface area contributed by atoms with Crippen molar-refractivity contribution in [2.45, 2.75) is 39.7 Å². The minimum Gasteiger partial charge on any atom is -0.508 e. The van der Waals surface area contributed by atoms with Gasteiger partial charge in [-0.1, -0.05) is 43.2 Å². The monoisotopic (exact) mass is 269 g/mol. The summed E-state index contributed by atoms with van der Waals surface area (Å²) in [5, 5.41) is 13.2. The van der Waals surface area contributed by atoms with E-state index in [1.807, 2.05) is 19.1 Å². The fourth-order valence-corrected chi connectivity index (χ4v) is 2.22. The smallest absolute Gasteiger partial charge is 0.120 e. The third kappa shape index (κ3) is 4.02. The molecule has 0 aromatic heterocycles. The average molecular weight is 269 g/mol. The van der Waals surface area contributed by atoms with Crippen LogP contribution in [0.3, 0.4) is 0 Å². The van der Waals surface area contributed by atoms with Gasteiger partial charge in [0.05, 0.1) is 0 Å². The van der Waals surface area contributed by atoms with Gasteiger partial charge in [0.25, 0.3) is 0 Å². The molecule has 0 atom stereocenters. The molecule has 0 aliphatic carbocycles. The molecule has 2 N–H and O–H groups in total. The predicted octanol–water partition coefficient (Wildman–Crippen LogP) is 4.66. The summed E-state index contributed by atoms with van der Waals surface area (Å²) in [7, 11) is 0. The first-order valence-corrected chi connectivity index (χ1v) is 7.30. The third-order valence-electron chi connectivity index (χ3n) is 3.49. The Hall–Kier alpha value is -1.96. The fraction of sp³-hybridized carbons (Fsp3) is 0.333. The highest BCUT2D eigenvalue weighted by Gasteiger charge is 2.01. The molecule has 0 unspecified atom stereocenters. The van der Waals surface area contributed by atoms with Crippen molar-refractivity contribution in [2.75, 3.05) is 5.32 Å². The van der Waals surface area contributed by atoms with Crippen molar-refractivity contribution in [3.05, 3.63) is 59.2 Å². The number of aromatic hydroxyl groups is 1. The second-order valence-electron chi connectivity index (χ2n) is 5.29. The first-order chi connectivity index (χ1) is 9.69. The molecular weight excluding hydrogens is 246 g/mol. The minimum atomic E-state index is 0.350. The zero-order valence-corrected chi connectivity index (χ0v) is 12.3. The zero-order valence-electron chi connectivity index (χ0n) is 12.3. The molecule has 2 aromatic carbocycles. The Bertz CT molecular complexity index is 546. The van der Waals surface area contributed by atoms with Crippen molar-refractivity contribution in [1.82, 2.24) is 0 Å². The number of nitrogens with one attached hydrogen (secondary N) is 1. The van der Waals surface area contributed by atoms with E-state index in [4.69, 9.17) is 0 Å². The molecule has 2 rings (SSSR count). The first-order valence-electron chi connectivity index (χ1n) is 7.30. The summed E-state index contributed by atoms with van der Waals surface area (Å²) in [5.41, 5.74) is 4.57. The van der Waals surface area contributed by atoms with E-state index in [9.17, 15) is 5.11 Å². The van der Waals surface area contributed by atoms with Crippen LogP contribution in [0.25, 0.3) is 0 Å². The van der Waals surface area contributed by atoms with Crippen molar-refractivity contribution < 1.29 is 5.11 Å². The van der Waals surface area contributed by atoms with Crippen LogP contribution in [0.4, 0.5) is 5.69 Å². The van der Waals surface area contributed by atoms with Crippen LogP contribution in [0.2, 0.25) is 0 Å². The van der Waals surface area contributed by atoms with E-state index in [0.717, 1.165) is 23.2 Å². The van der Waals surface area contributed by atoms with E-state index >= 15 is 0 Å². The van der Waals surface area contributed by atoms with Gasteiger partial charge in [0.2, 0.25) is 0 Å². The van der Waals surface area contributed by atoms with Gasteiger partial charge in [0, 0.05) is 17.8 Å². The van der Waals surface area contributed by atoms with E-state index < -0.39 is 0 Å². The Kier molecular flexibility index (Phi) is 5.05. The lowest BCUT2D eigenvalue weighted by atomic mass is 10.1. The van der Waals surface area contributed by atoms with Crippen LogP contribution in [0.5, 0.6) is 5.75 Å². The van der Waals surface area contributed by atoms with E-state index in [0.29, 0.717) is 12.3 Å². The number of rotatable bonds is 6. The number of anilines is 1. The molecule has 0 amide bonds. The van der Waals surface area contributed by atoms with Crippen LogP contribution in [-0.4, -0.2) is 5.11 Å². The lowest BCUT2D eigenvalue weighted by molar-refractivity contribution is 0.469. The normalized spacial score (nSPS) is 10.5. The molecular formula is C18H23NO. The van der Waals surface area contributed by atoms with E-state index in [1.165, 1.54) is 18.4 Å². The molecule has 0 aliphatic heterocycles. The summed E-state index contributed by atoms with van der Waals surface area (Å²) in [6.07, 6.45) is 3.62. The SMILES string of the molecule is CCCCc1ccc(NCc2cc(C)ccc2O)cc1. The molecule has 0 fully saturated rings. The van der Waals surface area contributed by atoms with Crippen LogP contribution >= 0.6 is 0 Å². The number of phenols is 1. The minimum absolute atomic E-state index is 0.350. The highest BCUT2D eigenvalue weighted by Crippen LogP contribution is 2.20. The Balaban J connectivity index is 1.95. The Morgan fingerprint density at radius 1 is 1.05 bits per heavy atom. The van der Waals surface area contributed by atoms with E-state index in [2.05, 4.69) is 36.5 Å². The molecule has 106 valence electrons. The van der Waals surface area contributed by atoms with Gasteiger partial charge < -0.3 is 10.4 Å². The molecule has 0 saturated carbocycles. The van der Waals surface area contributed by atoms with Crippen LogP contribution in [0.15, 0.2) is 42.5 Å². The molecule has 20 heavy (non-hydrogen) atoms. The molecule has 0 bridgehead atoms. The Morgan fingerprint density at radius 3 is 2.50 bits per heavy atom. The van der Waals surface area contributed by atoms with Gasteiger partial charge >= 0.3 is 0 Å². The largest absolute Gasteiger partial charge is 0.508 e. The summed E-state index contributed by atoms with van der Waals surface area (Å²) in [4.78, 5) is 0. The summed E-state index contributed by atoms with van der Waals surface area (Å²) < 4.78 is 0. The van der Waals surface area contributed by atoms with Gasteiger partial charge in [0.15, 0.2) is 0 Å². The molecule has 2 aromatic rings. The Labute approximate surface area is 121 Å². The van der Waals surface area contributed by atoms with E-state index in [-0.39, 0.29) is 0 Å². The van der Waals surface area contributed by atoms with Gasteiger partial charge in [0.1, 0.15) is 5.75 Å². The number of benzene rings is 2. The van der Waals surface area contributed by atoms with Crippen LogP contribution in [-0.2, 0) is 13.0 Å². The molecule has 0 spiro atoms. The number of hydrogen-bond acceptors (Lipinski definition) is 2. The highest BCUT2D eigenvalue weighted by molar-refractivity contribution is 5.46. The van der Waals surface area contributed by atoms with E-state index in [1.54, 1.807) is 6.07 Å². The van der Waals surface area contributed by atoms with Crippen molar-refractivity contribution in [3.63, 3.8) is 0 Å². The van der Waals surface area contributed by atoms with Gasteiger partial charge in [-0.05, 0) is 43.5 Å². The molecule has 0 saturated heterocycles. The Morgan fingerprint density at radius 2 is 1.80 bits per heavy atom. The highest BCUT2D eigenvalue weighted by atomic mass is 16.3. The van der Waals surface area contributed by atoms with Crippen molar-refractivity contribution in [1.29, 1.82) is 0 Å². The van der Waals surface area contributed by atoms with Crippen LogP contribution in [0.1, 0.15) is 36.5 Å². The van der Waals surface area contributed by atoms with Crippen molar-refractivity contribution in [2.24, 2.45) is 0 Å². The molecule has 2 heteroatoms. The van der Waals surface area contributed by atoms with Gasteiger partial charge in [-0.15, -0.1) is 0 Å². The molecule has 0 heterocycles. The number of phenolic OH excluding ortho intramolecular Hbond substituents is 1. The second kappa shape index (κ2) is 6.99. The number of hydrogen-bond donors (Lipinski definition) is 2. The maximum atomic E-state index is 9.81. The summed E-state index contributed by atoms with van der Waals surface area (Å²) in [5.74, 6) is 0.350. The lowest BCUT2D eigenvalue weighted by Gasteiger charge is -2.10. The summed E-state index contributed by atoms with van der Waals surface area (Å²) in [6.45, 7) is 4.89. The van der Waals surface area contributed by atoms with Gasteiger partial charge in [-0.3, -0.25) is 0 Å². The topological polar surface area (TPSA) is 32.3 Å². The molecule has 0 aliphatic rings. The second-order valence-corrected chi connectivity index (χ2v) is 5.29. The fourth-order valence-electron chi connectivity index (χ4n) is 2.22. The average Bonchev–Trinajstić information content (AvgIpc) is 2.47. The maximum absolute atomic E-state index is 9.81. The van der Waals surface area contributed by atoms with Gasteiger partial charge in [-0.25, -0.2) is 0 Å². The van der Waals surface area contributed by atoms with Crippen molar-refractivity contribution >= 4 is 5.69 Å². The summed E-state index contributed by atoms with van der Waals surface area (Å²) in [6, 6.07) is 14.2. The van der Waals surface area contributed by atoms with Crippen molar-refractivity contribution in [3.8, 4) is 5.75 Å². The van der Waals surface area contributed by atoms with Crippen LogP contribution in [0, 0.1) is 6.92 Å². The van der Waals surface area contributed by atoms with Gasteiger partial charge in [-0.2, -0.15) is 0 Å². The predicted molar refractivity (Wildman–Crippen MR) is 85.2 cm³/mol. The number of unbranched alkanes of at least 4 members (excludes halogenated alkanes) is 1. The molecule has 2 nitrogen and oxygen atoms in total. The first kappa shape index (κ1) is 14.4. The standard InChI is InChI=1S/C18H23NO/c1-3-4-5-15-7-9-17(10-8-15)19-13-16-12-14(2)6-11-18(16)20/h6-12,19-20H,3-5,13H2,1-2H3. The zero-order chi connectivity index (χ0) is 14.4. The molecule has 0 radical (unpaired) electrons.